The minimum atomic E-state index is -0.917. The molecule has 11 heteroatoms. The number of hydrogen-bond donors (Lipinski definition) is 0. The Hall–Kier alpha value is -4.62. The van der Waals surface area contributed by atoms with Gasteiger partial charge in [-0.05, 0) is 88.7 Å². The largest absolute Gasteiger partial charge is 0.493 e. The number of carbonyl (C=O) groups excluding carboxylic acids is 1. The fourth-order valence-electron chi connectivity index (χ4n) is 5.25. The van der Waals surface area contributed by atoms with Crippen molar-refractivity contribution in [2.45, 2.75) is 19.6 Å². The van der Waals surface area contributed by atoms with Gasteiger partial charge < -0.3 is 14.2 Å². The Balaban J connectivity index is 1.48. The van der Waals surface area contributed by atoms with E-state index in [1.807, 2.05) is 36.4 Å². The fourth-order valence-corrected chi connectivity index (χ4v) is 7.03. The first-order chi connectivity index (χ1) is 22.8. The molecule has 1 aliphatic rings. The molecule has 7 nitrogen and oxygen atoms in total. The van der Waals surface area contributed by atoms with E-state index in [9.17, 15) is 18.4 Å². The van der Waals surface area contributed by atoms with Crippen molar-refractivity contribution < 1.29 is 27.8 Å². The van der Waals surface area contributed by atoms with Gasteiger partial charge in [0.15, 0.2) is 16.3 Å². The third-order valence-electron chi connectivity index (χ3n) is 7.41. The van der Waals surface area contributed by atoms with E-state index in [0.717, 1.165) is 9.13 Å². The second kappa shape index (κ2) is 14.0. The second-order valence-corrected chi connectivity index (χ2v) is 12.6. The number of nitrogens with zero attached hydrogens (tertiary/aromatic N) is 2. The summed E-state index contributed by atoms with van der Waals surface area (Å²) in [5, 5.41) is 0. The van der Waals surface area contributed by atoms with Gasteiger partial charge in [0.2, 0.25) is 0 Å². The Morgan fingerprint density at radius 1 is 1.00 bits per heavy atom. The summed E-state index contributed by atoms with van der Waals surface area (Å²) in [4.78, 5) is 33.0. The highest BCUT2D eigenvalue weighted by atomic mass is 127. The summed E-state index contributed by atoms with van der Waals surface area (Å²) >= 11 is 3.32. The van der Waals surface area contributed by atoms with Crippen LogP contribution in [0.4, 0.5) is 8.78 Å². The molecule has 0 spiro atoms. The van der Waals surface area contributed by atoms with E-state index in [1.165, 1.54) is 47.3 Å². The van der Waals surface area contributed by atoms with Crippen LogP contribution in [0.15, 0.2) is 106 Å². The molecule has 0 amide bonds. The zero-order valence-electron chi connectivity index (χ0n) is 25.2. The van der Waals surface area contributed by atoms with E-state index in [0.29, 0.717) is 43.2 Å². The molecule has 0 saturated heterocycles. The first-order valence-corrected chi connectivity index (χ1v) is 16.5. The lowest BCUT2D eigenvalue weighted by molar-refractivity contribution is -0.138. The predicted octanol–water partition coefficient (Wildman–Crippen LogP) is 6.41. The normalized spacial score (nSPS) is 14.4. The van der Waals surface area contributed by atoms with Crippen LogP contribution in [0.25, 0.3) is 11.8 Å². The zero-order chi connectivity index (χ0) is 33.1. The number of thiazole rings is 1. The van der Waals surface area contributed by atoms with E-state index < -0.39 is 17.8 Å². The van der Waals surface area contributed by atoms with Crippen LogP contribution >= 0.6 is 33.9 Å². The number of fused-ring (bicyclic) bond motifs is 1. The van der Waals surface area contributed by atoms with Crippen LogP contribution in [0, 0.1) is 15.2 Å². The third kappa shape index (κ3) is 6.77. The average Bonchev–Trinajstić information content (AvgIpc) is 3.38. The summed E-state index contributed by atoms with van der Waals surface area (Å²) in [6.07, 6.45) is 1.73. The van der Waals surface area contributed by atoms with E-state index in [1.54, 1.807) is 43.3 Å². The van der Waals surface area contributed by atoms with Gasteiger partial charge >= 0.3 is 5.97 Å². The molecule has 0 aliphatic carbocycles. The highest BCUT2D eigenvalue weighted by molar-refractivity contribution is 14.1. The minimum absolute atomic E-state index is 0.120. The van der Waals surface area contributed by atoms with E-state index in [4.69, 9.17) is 19.2 Å². The maximum absolute atomic E-state index is 14.2. The van der Waals surface area contributed by atoms with Gasteiger partial charge in [0, 0.05) is 5.56 Å². The molecule has 0 bridgehead atoms. The van der Waals surface area contributed by atoms with Gasteiger partial charge in [-0.3, -0.25) is 9.36 Å². The van der Waals surface area contributed by atoms with Crippen LogP contribution < -0.4 is 24.4 Å². The molecule has 47 heavy (non-hydrogen) atoms. The van der Waals surface area contributed by atoms with Crippen molar-refractivity contribution in [3.8, 4) is 11.5 Å². The minimum Gasteiger partial charge on any atom is -0.493 e. The molecule has 1 aliphatic heterocycles. The lowest BCUT2D eigenvalue weighted by Crippen LogP contribution is -2.40. The molecule has 0 fully saturated rings. The number of esters is 1. The standard InChI is InChI=1S/C36H27F2IN2O5S/c1-3-45-35(43)30-31(23-7-5-4-6-8-23)40-36-41(32(30)24-11-15-26(38)16-12-24)34(42)29(47-36)19-22-17-27(39)33(28(18-22)44-2)46-20-21-9-13-25(37)14-10-21/h4-19,32H,3,20H2,1-2H3/b29-19-/t32-/m1/s1. The van der Waals surface area contributed by atoms with Gasteiger partial charge in [-0.1, -0.05) is 65.9 Å². The first kappa shape index (κ1) is 32.3. The van der Waals surface area contributed by atoms with Gasteiger partial charge in [-0.2, -0.15) is 0 Å². The zero-order valence-corrected chi connectivity index (χ0v) is 28.2. The summed E-state index contributed by atoms with van der Waals surface area (Å²) in [5.74, 6) is -0.418. The molecule has 2 heterocycles. The van der Waals surface area contributed by atoms with Crippen molar-refractivity contribution in [1.82, 2.24) is 4.57 Å². The quantitative estimate of drug-likeness (QED) is 0.128. The average molecular weight is 765 g/mol. The lowest BCUT2D eigenvalue weighted by Gasteiger charge is -2.25. The molecule has 5 aromatic rings. The third-order valence-corrected chi connectivity index (χ3v) is 9.19. The number of benzene rings is 4. The predicted molar refractivity (Wildman–Crippen MR) is 184 cm³/mol. The number of halogens is 3. The van der Waals surface area contributed by atoms with E-state index in [-0.39, 0.29) is 30.2 Å². The maximum atomic E-state index is 14.2. The SMILES string of the molecule is CCOC(=O)C1=C(c2ccccc2)N=c2s/c(=C\c3cc(I)c(OCc4ccc(F)cc4)c(OC)c3)c(=O)n2[C@@H]1c1ccc(F)cc1. The van der Waals surface area contributed by atoms with Gasteiger partial charge in [0.25, 0.3) is 5.56 Å². The van der Waals surface area contributed by atoms with Crippen LogP contribution in [0.5, 0.6) is 11.5 Å². The van der Waals surface area contributed by atoms with Gasteiger partial charge in [-0.25, -0.2) is 18.6 Å². The smallest absolute Gasteiger partial charge is 0.338 e. The molecule has 4 aromatic carbocycles. The van der Waals surface area contributed by atoms with Crippen molar-refractivity contribution in [3.05, 3.63) is 154 Å². The van der Waals surface area contributed by atoms with Crippen molar-refractivity contribution >= 4 is 51.7 Å². The summed E-state index contributed by atoms with van der Waals surface area (Å²) in [6, 6.07) is 23.7. The summed E-state index contributed by atoms with van der Waals surface area (Å²) in [5.41, 5.74) is 2.87. The Labute approximate surface area is 286 Å². The molecule has 1 aromatic heterocycles. The molecule has 0 unspecified atom stereocenters. The number of methoxy groups -OCH3 is 1. The molecule has 0 N–H and O–H groups in total. The Kier molecular flexibility index (Phi) is 9.64. The van der Waals surface area contributed by atoms with E-state index >= 15 is 0 Å². The molecular weight excluding hydrogens is 737 g/mol. The van der Waals surface area contributed by atoms with E-state index in [2.05, 4.69) is 22.6 Å². The second-order valence-electron chi connectivity index (χ2n) is 10.4. The summed E-state index contributed by atoms with van der Waals surface area (Å²) in [7, 11) is 1.53. The molecule has 6 rings (SSSR count). The number of hydrogen-bond acceptors (Lipinski definition) is 7. The van der Waals surface area contributed by atoms with Gasteiger partial charge in [-0.15, -0.1) is 0 Å². The molecule has 1 atom stereocenters. The highest BCUT2D eigenvalue weighted by Crippen LogP contribution is 2.36. The Morgan fingerprint density at radius 3 is 2.34 bits per heavy atom. The van der Waals surface area contributed by atoms with Crippen molar-refractivity contribution in [3.63, 3.8) is 0 Å². The highest BCUT2D eigenvalue weighted by Gasteiger charge is 2.35. The van der Waals surface area contributed by atoms with Crippen LogP contribution in [0.2, 0.25) is 0 Å². The summed E-state index contributed by atoms with van der Waals surface area (Å²) in [6.45, 7) is 2.03. The molecule has 0 saturated carbocycles. The van der Waals surface area contributed by atoms with Crippen molar-refractivity contribution in [2.75, 3.05) is 13.7 Å². The molecular formula is C36H27F2IN2O5S. The Bertz CT molecular complexity index is 2160. The van der Waals surface area contributed by atoms with Crippen molar-refractivity contribution in [1.29, 1.82) is 0 Å². The van der Waals surface area contributed by atoms with Crippen LogP contribution in [-0.2, 0) is 16.1 Å². The molecule has 238 valence electrons. The molecule has 0 radical (unpaired) electrons. The van der Waals surface area contributed by atoms with Gasteiger partial charge in [0.1, 0.15) is 18.2 Å². The maximum Gasteiger partial charge on any atom is 0.338 e. The van der Waals surface area contributed by atoms with Crippen LogP contribution in [0.3, 0.4) is 0 Å². The monoisotopic (exact) mass is 764 g/mol. The summed E-state index contributed by atoms with van der Waals surface area (Å²) < 4.78 is 47.1. The number of ether oxygens (including phenoxy) is 3. The number of carbonyl (C=O) groups is 1. The first-order valence-electron chi connectivity index (χ1n) is 14.6. The van der Waals surface area contributed by atoms with Gasteiger partial charge in [0.05, 0.1) is 39.1 Å². The number of aromatic nitrogens is 1. The lowest BCUT2D eigenvalue weighted by atomic mass is 9.93. The van der Waals surface area contributed by atoms with Crippen molar-refractivity contribution in [2.24, 2.45) is 4.99 Å². The van der Waals surface area contributed by atoms with Crippen LogP contribution in [-0.4, -0.2) is 24.3 Å². The topological polar surface area (TPSA) is 79.1 Å². The fraction of sp³-hybridized carbons (Fsp3) is 0.139. The van der Waals surface area contributed by atoms with Crippen LogP contribution in [0.1, 0.15) is 35.2 Å². The number of rotatable bonds is 9. The Morgan fingerprint density at radius 2 is 1.68 bits per heavy atom.